The topological polar surface area (TPSA) is 80.6 Å². The van der Waals surface area contributed by atoms with Gasteiger partial charge in [0.2, 0.25) is 10.0 Å². The Hall–Kier alpha value is -1.68. The van der Waals surface area contributed by atoms with Crippen LogP contribution in [0.15, 0.2) is 34.7 Å². The minimum atomic E-state index is -3.60. The summed E-state index contributed by atoms with van der Waals surface area (Å²) in [6, 6.07) is 5.28. The second kappa shape index (κ2) is 7.06. The van der Waals surface area contributed by atoms with Gasteiger partial charge in [0.15, 0.2) is 0 Å². The summed E-state index contributed by atoms with van der Waals surface area (Å²) in [4.78, 5) is 13.5. The van der Waals surface area contributed by atoms with Crippen molar-refractivity contribution in [1.82, 2.24) is 14.2 Å². The molecule has 1 aliphatic heterocycles. The maximum Gasteiger partial charge on any atom is 0.268 e. The molecule has 0 saturated carbocycles. The third-order valence-electron chi connectivity index (χ3n) is 3.82. The Bertz CT molecular complexity index is 806. The van der Waals surface area contributed by atoms with Crippen LogP contribution in [-0.4, -0.2) is 49.5 Å². The van der Waals surface area contributed by atoms with Crippen molar-refractivity contribution in [1.29, 1.82) is 0 Å². The quantitative estimate of drug-likeness (QED) is 0.854. The van der Waals surface area contributed by atoms with Crippen molar-refractivity contribution in [3.8, 4) is 0 Å². The number of nitrogens with zero attached hydrogens (tertiary/aromatic N) is 2. The molecule has 2 aromatic rings. The van der Waals surface area contributed by atoms with Crippen LogP contribution >= 0.6 is 11.3 Å². The molecule has 130 valence electrons. The largest absolute Gasteiger partial charge is 0.379 e. The van der Waals surface area contributed by atoms with E-state index in [1.165, 1.54) is 21.1 Å². The highest BCUT2D eigenvalue weighted by Gasteiger charge is 2.28. The highest BCUT2D eigenvalue weighted by Crippen LogP contribution is 2.20. The Morgan fingerprint density at radius 3 is 2.79 bits per heavy atom. The third-order valence-corrected chi connectivity index (χ3v) is 6.56. The number of morpholine rings is 1. The number of rotatable bonds is 5. The van der Waals surface area contributed by atoms with Crippen LogP contribution in [0.1, 0.15) is 15.4 Å². The number of aryl methyl sites for hydroxylation is 1. The van der Waals surface area contributed by atoms with E-state index in [1.54, 1.807) is 18.4 Å². The van der Waals surface area contributed by atoms with Crippen molar-refractivity contribution in [2.45, 2.75) is 11.4 Å². The van der Waals surface area contributed by atoms with Crippen molar-refractivity contribution in [3.63, 3.8) is 0 Å². The fourth-order valence-electron chi connectivity index (χ4n) is 2.51. The Morgan fingerprint density at radius 2 is 2.12 bits per heavy atom. The number of hydrogen-bond donors (Lipinski definition) is 1. The summed E-state index contributed by atoms with van der Waals surface area (Å²) in [7, 11) is -1.94. The lowest BCUT2D eigenvalue weighted by atomic mass is 10.4. The van der Waals surface area contributed by atoms with E-state index in [2.05, 4.69) is 5.32 Å². The number of carbonyl (C=O) groups is 1. The maximum atomic E-state index is 12.6. The van der Waals surface area contributed by atoms with Crippen molar-refractivity contribution in [2.75, 3.05) is 26.3 Å². The summed E-state index contributed by atoms with van der Waals surface area (Å²) >= 11 is 1.56. The number of hydrogen-bond acceptors (Lipinski definition) is 5. The van der Waals surface area contributed by atoms with Gasteiger partial charge in [-0.05, 0) is 17.5 Å². The first-order valence-corrected chi connectivity index (χ1v) is 9.85. The fraction of sp³-hybridized carbons (Fsp3) is 0.400. The number of nitrogens with one attached hydrogen (secondary N) is 1. The van der Waals surface area contributed by atoms with E-state index in [9.17, 15) is 13.2 Å². The standard InChI is InChI=1S/C15H19N3O4S2/c1-17-11-13(24(20,21)18-4-6-22-7-5-18)9-14(17)15(19)16-10-12-3-2-8-23-12/h2-3,8-9,11H,4-7,10H2,1H3,(H,16,19). The fourth-order valence-corrected chi connectivity index (χ4v) is 4.63. The van der Waals surface area contributed by atoms with Gasteiger partial charge in [-0.15, -0.1) is 11.3 Å². The molecule has 1 saturated heterocycles. The number of carbonyl (C=O) groups excluding carboxylic acids is 1. The Kier molecular flexibility index (Phi) is 5.04. The number of ether oxygens (including phenoxy) is 1. The molecule has 0 atom stereocenters. The van der Waals surface area contributed by atoms with E-state index >= 15 is 0 Å². The van der Waals surface area contributed by atoms with Gasteiger partial charge in [0.05, 0.1) is 19.8 Å². The van der Waals surface area contributed by atoms with Gasteiger partial charge in [-0.2, -0.15) is 4.31 Å². The van der Waals surface area contributed by atoms with Crippen LogP contribution in [0.25, 0.3) is 0 Å². The lowest BCUT2D eigenvalue weighted by Gasteiger charge is -2.25. The van der Waals surface area contributed by atoms with Crippen LogP contribution in [0.3, 0.4) is 0 Å². The zero-order chi connectivity index (χ0) is 17.2. The summed E-state index contributed by atoms with van der Waals surface area (Å²) in [5, 5.41) is 4.75. The van der Waals surface area contributed by atoms with E-state index in [4.69, 9.17) is 4.74 Å². The summed E-state index contributed by atoms with van der Waals surface area (Å²) in [5.41, 5.74) is 0.318. The predicted octanol–water partition coefficient (Wildman–Crippen LogP) is 1.04. The second-order valence-electron chi connectivity index (χ2n) is 5.45. The molecule has 0 bridgehead atoms. The SMILES string of the molecule is Cn1cc(S(=O)(=O)N2CCOCC2)cc1C(=O)NCc1cccs1. The minimum Gasteiger partial charge on any atom is -0.379 e. The van der Waals surface area contributed by atoms with Gasteiger partial charge < -0.3 is 14.6 Å². The van der Waals surface area contributed by atoms with Gasteiger partial charge in [0.25, 0.3) is 5.91 Å². The predicted molar refractivity (Wildman–Crippen MR) is 90.5 cm³/mol. The van der Waals surface area contributed by atoms with Crippen LogP contribution < -0.4 is 5.32 Å². The minimum absolute atomic E-state index is 0.133. The van der Waals surface area contributed by atoms with E-state index in [1.807, 2.05) is 17.5 Å². The molecule has 0 radical (unpaired) electrons. The molecule has 1 fully saturated rings. The first-order chi connectivity index (χ1) is 11.5. The van der Waals surface area contributed by atoms with Gasteiger partial charge in [-0.3, -0.25) is 4.79 Å². The maximum absolute atomic E-state index is 12.6. The number of sulfonamides is 1. The van der Waals surface area contributed by atoms with Gasteiger partial charge in [0.1, 0.15) is 10.6 Å². The summed E-state index contributed by atoms with van der Waals surface area (Å²) < 4.78 is 33.4. The molecule has 7 nitrogen and oxygen atoms in total. The van der Waals surface area contributed by atoms with E-state index in [0.29, 0.717) is 38.5 Å². The Labute approximate surface area is 144 Å². The highest BCUT2D eigenvalue weighted by atomic mass is 32.2. The molecule has 1 N–H and O–H groups in total. The average molecular weight is 369 g/mol. The number of aromatic nitrogens is 1. The zero-order valence-electron chi connectivity index (χ0n) is 13.3. The summed E-state index contributed by atoms with van der Waals surface area (Å²) in [5.74, 6) is -0.297. The lowest BCUT2D eigenvalue weighted by molar-refractivity contribution is 0.0730. The third kappa shape index (κ3) is 3.54. The summed E-state index contributed by atoms with van der Waals surface area (Å²) in [6.07, 6.45) is 1.48. The van der Waals surface area contributed by atoms with Crippen LogP contribution in [0.2, 0.25) is 0 Å². The monoisotopic (exact) mass is 369 g/mol. The first kappa shape index (κ1) is 17.2. The molecule has 0 unspecified atom stereocenters. The Balaban J connectivity index is 1.75. The molecule has 3 rings (SSSR count). The Morgan fingerprint density at radius 1 is 1.38 bits per heavy atom. The molecular weight excluding hydrogens is 350 g/mol. The molecule has 24 heavy (non-hydrogen) atoms. The van der Waals surface area contributed by atoms with Crippen molar-refractivity contribution < 1.29 is 17.9 Å². The van der Waals surface area contributed by atoms with Gasteiger partial charge in [0, 0.05) is 31.2 Å². The highest BCUT2D eigenvalue weighted by molar-refractivity contribution is 7.89. The first-order valence-electron chi connectivity index (χ1n) is 7.53. The molecule has 3 heterocycles. The molecule has 9 heteroatoms. The number of thiophene rings is 1. The van der Waals surface area contributed by atoms with E-state index in [-0.39, 0.29) is 10.8 Å². The number of amides is 1. The molecule has 1 amide bonds. The van der Waals surface area contributed by atoms with Crippen molar-refractivity contribution in [3.05, 3.63) is 40.3 Å². The molecule has 2 aromatic heterocycles. The summed E-state index contributed by atoms with van der Waals surface area (Å²) in [6.45, 7) is 1.86. The second-order valence-corrected chi connectivity index (χ2v) is 8.42. The molecule has 0 aliphatic carbocycles. The molecule has 0 spiro atoms. The van der Waals surface area contributed by atoms with E-state index < -0.39 is 10.0 Å². The van der Waals surface area contributed by atoms with Crippen LogP contribution in [-0.2, 0) is 28.4 Å². The average Bonchev–Trinajstić information content (AvgIpc) is 3.23. The van der Waals surface area contributed by atoms with Crippen LogP contribution in [0, 0.1) is 0 Å². The lowest BCUT2D eigenvalue weighted by Crippen LogP contribution is -2.40. The van der Waals surface area contributed by atoms with Gasteiger partial charge >= 0.3 is 0 Å². The molecule has 1 aliphatic rings. The molecular formula is C15H19N3O4S2. The smallest absolute Gasteiger partial charge is 0.268 e. The van der Waals surface area contributed by atoms with Crippen molar-refractivity contribution in [2.24, 2.45) is 7.05 Å². The van der Waals surface area contributed by atoms with Crippen molar-refractivity contribution >= 4 is 27.3 Å². The van der Waals surface area contributed by atoms with Crippen LogP contribution in [0.4, 0.5) is 0 Å². The van der Waals surface area contributed by atoms with E-state index in [0.717, 1.165) is 4.88 Å². The molecule has 0 aromatic carbocycles. The van der Waals surface area contributed by atoms with Crippen LogP contribution in [0.5, 0.6) is 0 Å². The van der Waals surface area contributed by atoms with Gasteiger partial charge in [-0.1, -0.05) is 6.07 Å². The normalized spacial score (nSPS) is 16.2. The van der Waals surface area contributed by atoms with Gasteiger partial charge in [-0.25, -0.2) is 8.42 Å². The zero-order valence-corrected chi connectivity index (χ0v) is 14.9.